The van der Waals surface area contributed by atoms with Crippen molar-refractivity contribution >= 4 is 34.8 Å². The smallest absolute Gasteiger partial charge is 0.342 e. The number of ether oxygens (including phenoxy) is 1. The van der Waals surface area contributed by atoms with E-state index in [9.17, 15) is 18.4 Å². The van der Waals surface area contributed by atoms with Crippen molar-refractivity contribution in [2.45, 2.75) is 69.9 Å². The van der Waals surface area contributed by atoms with Gasteiger partial charge in [0.1, 0.15) is 11.4 Å². The first-order valence-corrected chi connectivity index (χ1v) is 16.3. The third-order valence-electron chi connectivity index (χ3n) is 9.54. The topological polar surface area (TPSA) is 90.9 Å². The number of halogens is 2. The van der Waals surface area contributed by atoms with Crippen LogP contribution in [-0.2, 0) is 11.3 Å². The number of nitrogens with one attached hydrogen (secondary N) is 1. The highest BCUT2D eigenvalue weighted by atomic mass is 19.3. The molecule has 2 fully saturated rings. The fourth-order valence-electron chi connectivity index (χ4n) is 7.02. The fourth-order valence-corrected chi connectivity index (χ4v) is 7.02. The molecule has 1 N–H and O–H groups in total. The summed E-state index contributed by atoms with van der Waals surface area (Å²) in [6.45, 7) is 2.40. The molecule has 1 saturated carbocycles. The molecule has 1 atom stereocenters. The maximum atomic E-state index is 14.9. The highest BCUT2D eigenvalue weighted by Crippen LogP contribution is 2.40. The van der Waals surface area contributed by atoms with E-state index < -0.39 is 18.4 Å². The van der Waals surface area contributed by atoms with Gasteiger partial charge in [-0.05, 0) is 68.3 Å². The Hall–Kier alpha value is -4.12. The van der Waals surface area contributed by atoms with Crippen molar-refractivity contribution in [3.8, 4) is 5.75 Å². The van der Waals surface area contributed by atoms with E-state index in [2.05, 4.69) is 44.5 Å². The van der Waals surface area contributed by atoms with E-state index in [1.165, 1.54) is 25.9 Å². The molecule has 2 aromatic carbocycles. The number of ketones is 1. The monoisotopic (exact) mass is 632 g/mol. The van der Waals surface area contributed by atoms with Gasteiger partial charge in [0.15, 0.2) is 11.6 Å². The Balaban J connectivity index is 1.09. The summed E-state index contributed by atoms with van der Waals surface area (Å²) >= 11 is 0. The number of amides is 1. The summed E-state index contributed by atoms with van der Waals surface area (Å²) in [7, 11) is 2.86. The van der Waals surface area contributed by atoms with E-state index in [4.69, 9.17) is 4.74 Å². The minimum atomic E-state index is -3.54. The molecule has 1 amide bonds. The minimum Gasteiger partial charge on any atom is -0.495 e. The molecule has 1 aromatic heterocycles. The molecule has 1 saturated heterocycles. The normalized spacial score (nSPS) is 20.1. The summed E-state index contributed by atoms with van der Waals surface area (Å²) < 4.78 is 35.5. The van der Waals surface area contributed by atoms with Crippen molar-refractivity contribution in [1.29, 1.82) is 0 Å². The number of alkyl halides is 2. The number of hydrogen-bond acceptors (Lipinski definition) is 8. The predicted molar refractivity (Wildman–Crippen MR) is 174 cm³/mol. The van der Waals surface area contributed by atoms with Gasteiger partial charge in [-0.2, -0.15) is 13.8 Å². The van der Waals surface area contributed by atoms with E-state index in [1.54, 1.807) is 23.1 Å². The maximum absolute atomic E-state index is 14.9. The molecule has 0 bridgehead atoms. The molecule has 1 unspecified atom stereocenters. The number of likely N-dealkylation sites (tertiary alicyclic amines) is 1. The Morgan fingerprint density at radius 2 is 1.89 bits per heavy atom. The number of nitrogens with zero attached hydrogens (tertiary/aromatic N) is 5. The SMILES string of the molecule is COc1cc(C(=O)CCCC2CCN(Cc3ccccc3)C2)ccc1Nc1ncc2c(n1)N(C1CCCC1)CC(F)(F)C(=O)N2C. The summed E-state index contributed by atoms with van der Waals surface area (Å²) in [5, 5.41) is 3.14. The molecule has 0 spiro atoms. The number of benzene rings is 2. The zero-order valence-corrected chi connectivity index (χ0v) is 26.6. The number of carbonyl (C=O) groups excluding carboxylic acids is 2. The lowest BCUT2D eigenvalue weighted by Crippen LogP contribution is -2.48. The number of methoxy groups -OCH3 is 1. The Kier molecular flexibility index (Phi) is 9.49. The largest absolute Gasteiger partial charge is 0.495 e. The molecule has 46 heavy (non-hydrogen) atoms. The van der Waals surface area contributed by atoms with Gasteiger partial charge in [0.05, 0.1) is 25.5 Å². The highest BCUT2D eigenvalue weighted by Gasteiger charge is 2.48. The maximum Gasteiger partial charge on any atom is 0.342 e. The predicted octanol–water partition coefficient (Wildman–Crippen LogP) is 6.46. The van der Waals surface area contributed by atoms with Crippen molar-refractivity contribution < 1.29 is 23.1 Å². The lowest BCUT2D eigenvalue weighted by molar-refractivity contribution is -0.140. The molecule has 244 valence electrons. The van der Waals surface area contributed by atoms with Crippen LogP contribution in [-0.4, -0.2) is 72.3 Å². The van der Waals surface area contributed by atoms with Gasteiger partial charge in [0.2, 0.25) is 5.95 Å². The number of aromatic nitrogens is 2. The molecule has 9 nitrogen and oxygen atoms in total. The van der Waals surface area contributed by atoms with E-state index in [0.29, 0.717) is 35.2 Å². The average Bonchev–Trinajstić information content (AvgIpc) is 3.75. The number of carbonyl (C=O) groups is 2. The summed E-state index contributed by atoms with van der Waals surface area (Å²) in [6, 6.07) is 15.6. The molecule has 6 rings (SSSR count). The van der Waals surface area contributed by atoms with Gasteiger partial charge >= 0.3 is 5.92 Å². The highest BCUT2D eigenvalue weighted by molar-refractivity contribution is 6.02. The van der Waals surface area contributed by atoms with Crippen LogP contribution in [0.5, 0.6) is 5.75 Å². The van der Waals surface area contributed by atoms with Crippen LogP contribution >= 0.6 is 0 Å². The van der Waals surface area contributed by atoms with Crippen molar-refractivity contribution in [3.05, 3.63) is 65.9 Å². The Bertz CT molecular complexity index is 1550. The van der Waals surface area contributed by atoms with Gasteiger partial charge in [0.25, 0.3) is 5.91 Å². The Morgan fingerprint density at radius 1 is 1.11 bits per heavy atom. The Labute approximate surface area is 268 Å². The second-order valence-electron chi connectivity index (χ2n) is 12.8. The molecule has 2 aliphatic heterocycles. The van der Waals surface area contributed by atoms with Gasteiger partial charge in [-0.3, -0.25) is 14.5 Å². The quantitative estimate of drug-likeness (QED) is 0.241. The van der Waals surface area contributed by atoms with E-state index in [0.717, 1.165) is 69.5 Å². The fraction of sp³-hybridized carbons (Fsp3) is 0.486. The van der Waals surface area contributed by atoms with Crippen molar-refractivity contribution in [3.63, 3.8) is 0 Å². The zero-order chi connectivity index (χ0) is 32.3. The Morgan fingerprint density at radius 3 is 2.65 bits per heavy atom. The van der Waals surface area contributed by atoms with Crippen LogP contribution in [0.3, 0.4) is 0 Å². The van der Waals surface area contributed by atoms with Gasteiger partial charge in [-0.25, -0.2) is 4.98 Å². The first-order valence-electron chi connectivity index (χ1n) is 16.3. The van der Waals surface area contributed by atoms with Crippen LogP contribution < -0.4 is 19.9 Å². The van der Waals surface area contributed by atoms with Crippen LogP contribution in [0.4, 0.5) is 31.9 Å². The van der Waals surface area contributed by atoms with Gasteiger partial charge < -0.3 is 19.9 Å². The number of anilines is 4. The number of fused-ring (bicyclic) bond motifs is 1. The van der Waals surface area contributed by atoms with Crippen LogP contribution in [0.2, 0.25) is 0 Å². The van der Waals surface area contributed by atoms with Gasteiger partial charge in [0, 0.05) is 38.2 Å². The van der Waals surface area contributed by atoms with Crippen molar-refractivity contribution in [1.82, 2.24) is 14.9 Å². The van der Waals surface area contributed by atoms with E-state index >= 15 is 0 Å². The van der Waals surface area contributed by atoms with E-state index in [1.807, 2.05) is 6.07 Å². The van der Waals surface area contributed by atoms with Crippen LogP contribution in [0.15, 0.2) is 54.7 Å². The van der Waals surface area contributed by atoms with Crippen LogP contribution in [0.1, 0.15) is 67.3 Å². The first-order chi connectivity index (χ1) is 22.2. The molecular weight excluding hydrogens is 590 g/mol. The van der Waals surface area contributed by atoms with Gasteiger partial charge in [-0.1, -0.05) is 43.2 Å². The van der Waals surface area contributed by atoms with Crippen molar-refractivity contribution in [2.24, 2.45) is 5.92 Å². The lowest BCUT2D eigenvalue weighted by atomic mass is 9.98. The van der Waals surface area contributed by atoms with Crippen molar-refractivity contribution in [2.75, 3.05) is 48.9 Å². The molecule has 3 aliphatic rings. The van der Waals surface area contributed by atoms with E-state index in [-0.39, 0.29) is 23.5 Å². The second kappa shape index (κ2) is 13.7. The third-order valence-corrected chi connectivity index (χ3v) is 9.54. The molecular formula is C35H42F2N6O3. The third kappa shape index (κ3) is 6.99. The molecule has 11 heteroatoms. The summed E-state index contributed by atoms with van der Waals surface area (Å²) in [5.41, 5.74) is 2.68. The number of rotatable bonds is 11. The van der Waals surface area contributed by atoms with Crippen LogP contribution in [0.25, 0.3) is 0 Å². The number of hydrogen-bond donors (Lipinski definition) is 1. The standard InChI is InChI=1S/C35H42F2N6O3/c1-41-29-20-38-34(40-32(29)43(27-12-6-7-13-27)23-35(36,37)33(41)45)39-28-16-15-26(19-31(28)46-2)30(44)14-8-11-25-17-18-42(22-25)21-24-9-4-3-5-10-24/h3-5,9-10,15-16,19-20,25,27H,6-8,11-14,17-18,21-23H2,1-2H3,(H,38,39,40). The minimum absolute atomic E-state index is 0.0612. The lowest BCUT2D eigenvalue weighted by Gasteiger charge is -2.31. The average molecular weight is 633 g/mol. The first kappa shape index (κ1) is 31.8. The molecule has 3 heterocycles. The summed E-state index contributed by atoms with van der Waals surface area (Å²) in [4.78, 5) is 39.7. The second-order valence-corrected chi connectivity index (χ2v) is 12.8. The van der Waals surface area contributed by atoms with Gasteiger partial charge in [-0.15, -0.1) is 0 Å². The summed E-state index contributed by atoms with van der Waals surface area (Å²) in [5.74, 6) is -3.22. The van der Waals surface area contributed by atoms with Crippen LogP contribution in [0, 0.1) is 5.92 Å². The molecule has 0 radical (unpaired) electrons. The summed E-state index contributed by atoms with van der Waals surface area (Å²) in [6.07, 6.45) is 8.29. The molecule has 1 aliphatic carbocycles. The molecule has 3 aromatic rings. The zero-order valence-electron chi connectivity index (χ0n) is 26.6. The number of Topliss-reactive ketones (excluding diaryl/α,β-unsaturated/α-hetero) is 1.